The lowest BCUT2D eigenvalue weighted by molar-refractivity contribution is 0.0170. The molecule has 128 valence electrons. The van der Waals surface area contributed by atoms with Crippen molar-refractivity contribution in [3.8, 4) is 5.75 Å². The summed E-state index contributed by atoms with van der Waals surface area (Å²) < 4.78 is 58.0. The quantitative estimate of drug-likeness (QED) is 0.820. The summed E-state index contributed by atoms with van der Waals surface area (Å²) in [7, 11) is -2.63. The van der Waals surface area contributed by atoms with Gasteiger partial charge in [-0.15, -0.1) is 12.4 Å². The van der Waals surface area contributed by atoms with E-state index >= 15 is 0 Å². The van der Waals surface area contributed by atoms with Crippen molar-refractivity contribution >= 4 is 33.2 Å². The van der Waals surface area contributed by atoms with E-state index in [1.807, 2.05) is 4.72 Å². The lowest BCUT2D eigenvalue weighted by atomic mass is 10.1. The number of nitrogens with two attached hydrogens (primary N) is 1. The predicted octanol–water partition coefficient (Wildman–Crippen LogP) is 2.14. The average molecular weight is 367 g/mol. The molecule has 0 radical (unpaired) electrons. The smallest absolute Gasteiger partial charge is 0.273 e. The number of fused-ring (bicyclic) bond motifs is 1. The normalized spacial score (nSPS) is 12.0. The molecule has 0 aliphatic rings. The van der Waals surface area contributed by atoms with Gasteiger partial charge in [-0.3, -0.25) is 0 Å². The minimum Gasteiger partial charge on any atom is -0.496 e. The summed E-state index contributed by atoms with van der Waals surface area (Å²) in [5.74, 6) is -2.79. The van der Waals surface area contributed by atoms with Crippen LogP contribution in [-0.4, -0.2) is 34.5 Å². The zero-order valence-corrected chi connectivity index (χ0v) is 13.9. The number of alkyl halides is 2. The van der Waals surface area contributed by atoms with Gasteiger partial charge in [0, 0.05) is 10.8 Å². The Morgan fingerprint density at radius 2 is 1.78 bits per heavy atom. The molecule has 0 atom stereocenters. The van der Waals surface area contributed by atoms with Gasteiger partial charge in [-0.2, -0.15) is 0 Å². The van der Waals surface area contributed by atoms with Gasteiger partial charge < -0.3 is 10.5 Å². The van der Waals surface area contributed by atoms with Crippen molar-refractivity contribution in [2.75, 3.05) is 20.2 Å². The Balaban J connectivity index is 0.00000264. The SMILES string of the molecule is COc1ccc(S(=O)(=O)NCC(F)(F)CN)c2ccccc12.Cl. The first-order chi connectivity index (χ1) is 10.3. The predicted molar refractivity (Wildman–Crippen MR) is 86.9 cm³/mol. The van der Waals surface area contributed by atoms with Crippen molar-refractivity contribution in [1.82, 2.24) is 4.72 Å². The number of nitrogens with one attached hydrogen (secondary N) is 1. The molecule has 0 spiro atoms. The van der Waals surface area contributed by atoms with Gasteiger partial charge in [-0.05, 0) is 12.1 Å². The van der Waals surface area contributed by atoms with Crippen LogP contribution in [0.15, 0.2) is 41.3 Å². The molecule has 0 saturated heterocycles. The molecule has 0 aliphatic carbocycles. The van der Waals surface area contributed by atoms with Gasteiger partial charge >= 0.3 is 0 Å². The lowest BCUT2D eigenvalue weighted by Crippen LogP contribution is -2.41. The molecule has 0 saturated carbocycles. The highest BCUT2D eigenvalue weighted by Crippen LogP contribution is 2.30. The van der Waals surface area contributed by atoms with Crippen molar-refractivity contribution in [2.45, 2.75) is 10.8 Å². The Bertz CT molecular complexity index is 785. The monoisotopic (exact) mass is 366 g/mol. The topological polar surface area (TPSA) is 81.4 Å². The maximum absolute atomic E-state index is 13.2. The van der Waals surface area contributed by atoms with Crippen LogP contribution in [0.25, 0.3) is 10.8 Å². The summed E-state index contributed by atoms with van der Waals surface area (Å²) in [6.07, 6.45) is 0. The number of sulfonamides is 1. The molecule has 3 N–H and O–H groups in total. The maximum atomic E-state index is 13.2. The molecule has 5 nitrogen and oxygen atoms in total. The molecule has 2 aromatic carbocycles. The van der Waals surface area contributed by atoms with E-state index in [-0.39, 0.29) is 17.3 Å². The Labute approximate surface area is 139 Å². The Morgan fingerprint density at radius 1 is 1.17 bits per heavy atom. The second-order valence-electron chi connectivity index (χ2n) is 4.70. The Hall–Kier alpha value is -1.48. The van der Waals surface area contributed by atoms with E-state index in [4.69, 9.17) is 10.5 Å². The van der Waals surface area contributed by atoms with Crippen molar-refractivity contribution in [3.63, 3.8) is 0 Å². The van der Waals surface area contributed by atoms with Crippen LogP contribution in [0, 0.1) is 0 Å². The van der Waals surface area contributed by atoms with Crippen LogP contribution in [0.5, 0.6) is 5.75 Å². The standard InChI is InChI=1S/C14H16F2N2O3S.ClH/c1-21-12-6-7-13(11-5-3-2-4-10(11)12)22(19,20)18-9-14(15,16)8-17;/h2-7,18H,8-9,17H2,1H3;1H. The summed E-state index contributed by atoms with van der Waals surface area (Å²) in [4.78, 5) is -0.0864. The minimum atomic E-state index is -4.10. The number of methoxy groups -OCH3 is 1. The fourth-order valence-electron chi connectivity index (χ4n) is 2.01. The van der Waals surface area contributed by atoms with Crippen LogP contribution in [0.3, 0.4) is 0 Å². The zero-order chi connectivity index (χ0) is 16.4. The van der Waals surface area contributed by atoms with Gasteiger partial charge in [0.15, 0.2) is 0 Å². The minimum absolute atomic E-state index is 0. The number of hydrogen-bond donors (Lipinski definition) is 2. The molecular weight excluding hydrogens is 350 g/mol. The molecule has 0 bridgehead atoms. The van der Waals surface area contributed by atoms with Gasteiger partial charge in [0.1, 0.15) is 5.75 Å². The molecule has 0 fully saturated rings. The first-order valence-electron chi connectivity index (χ1n) is 6.44. The van der Waals surface area contributed by atoms with Crippen LogP contribution < -0.4 is 15.2 Å². The van der Waals surface area contributed by atoms with Crippen molar-refractivity contribution in [2.24, 2.45) is 5.73 Å². The van der Waals surface area contributed by atoms with E-state index in [0.29, 0.717) is 16.5 Å². The van der Waals surface area contributed by atoms with Gasteiger partial charge in [0.25, 0.3) is 5.92 Å². The van der Waals surface area contributed by atoms with Crippen LogP contribution >= 0.6 is 12.4 Å². The zero-order valence-electron chi connectivity index (χ0n) is 12.3. The summed E-state index contributed by atoms with van der Waals surface area (Å²) in [5.41, 5.74) is 4.90. The molecule has 2 rings (SSSR count). The second-order valence-corrected chi connectivity index (χ2v) is 6.43. The fraction of sp³-hybridized carbons (Fsp3) is 0.286. The fourth-order valence-corrected chi connectivity index (χ4v) is 3.28. The Kier molecular flexibility index (Phi) is 6.29. The third-order valence-electron chi connectivity index (χ3n) is 3.17. The number of hydrogen-bond acceptors (Lipinski definition) is 4. The van der Waals surface area contributed by atoms with Gasteiger partial charge in [-0.1, -0.05) is 24.3 Å². The van der Waals surface area contributed by atoms with E-state index in [0.717, 1.165) is 0 Å². The van der Waals surface area contributed by atoms with Crippen LogP contribution in [0.1, 0.15) is 0 Å². The van der Waals surface area contributed by atoms with E-state index < -0.39 is 29.0 Å². The van der Waals surface area contributed by atoms with E-state index in [2.05, 4.69) is 0 Å². The van der Waals surface area contributed by atoms with E-state index in [1.54, 1.807) is 24.3 Å². The Morgan fingerprint density at radius 3 is 2.35 bits per heavy atom. The second kappa shape index (κ2) is 7.39. The van der Waals surface area contributed by atoms with Crippen molar-refractivity contribution < 1.29 is 21.9 Å². The first kappa shape index (κ1) is 19.6. The number of ether oxygens (including phenoxy) is 1. The van der Waals surface area contributed by atoms with Crippen LogP contribution in [-0.2, 0) is 10.0 Å². The molecule has 9 heteroatoms. The van der Waals surface area contributed by atoms with Crippen LogP contribution in [0.2, 0.25) is 0 Å². The highest BCUT2D eigenvalue weighted by atomic mass is 35.5. The molecule has 0 aliphatic heterocycles. The molecule has 23 heavy (non-hydrogen) atoms. The third kappa shape index (κ3) is 4.29. The summed E-state index contributed by atoms with van der Waals surface area (Å²) in [6.45, 7) is -1.98. The van der Waals surface area contributed by atoms with Crippen LogP contribution in [0.4, 0.5) is 8.78 Å². The third-order valence-corrected chi connectivity index (χ3v) is 4.63. The molecule has 0 heterocycles. The number of benzene rings is 2. The molecule has 2 aromatic rings. The van der Waals surface area contributed by atoms with E-state index in [1.165, 1.54) is 19.2 Å². The average Bonchev–Trinajstić information content (AvgIpc) is 2.52. The van der Waals surface area contributed by atoms with Crippen molar-refractivity contribution in [1.29, 1.82) is 0 Å². The molecule has 0 amide bonds. The van der Waals surface area contributed by atoms with Gasteiger partial charge in [0.2, 0.25) is 10.0 Å². The van der Waals surface area contributed by atoms with Gasteiger partial charge in [0.05, 0.1) is 25.1 Å². The van der Waals surface area contributed by atoms with E-state index in [9.17, 15) is 17.2 Å². The highest BCUT2D eigenvalue weighted by molar-refractivity contribution is 7.89. The van der Waals surface area contributed by atoms with Crippen molar-refractivity contribution in [3.05, 3.63) is 36.4 Å². The highest BCUT2D eigenvalue weighted by Gasteiger charge is 2.30. The number of rotatable bonds is 6. The summed E-state index contributed by atoms with van der Waals surface area (Å²) in [5, 5.41) is 0.976. The molecular formula is C14H17ClF2N2O3S. The first-order valence-corrected chi connectivity index (χ1v) is 7.92. The summed E-state index contributed by atoms with van der Waals surface area (Å²) in [6, 6.07) is 9.49. The summed E-state index contributed by atoms with van der Waals surface area (Å²) >= 11 is 0. The largest absolute Gasteiger partial charge is 0.496 e. The maximum Gasteiger partial charge on any atom is 0.273 e. The van der Waals surface area contributed by atoms with Gasteiger partial charge in [-0.25, -0.2) is 21.9 Å². The molecule has 0 aromatic heterocycles. The molecule has 0 unspecified atom stereocenters. The lowest BCUT2D eigenvalue weighted by Gasteiger charge is -2.16. The number of halogens is 3.